The van der Waals surface area contributed by atoms with E-state index in [1.165, 1.54) is 23.3 Å². The van der Waals surface area contributed by atoms with Crippen LogP contribution in [0.3, 0.4) is 0 Å². The first-order valence-electron chi connectivity index (χ1n) is 12.2. The molecular formula is C31H38FN3O2. The van der Waals surface area contributed by atoms with Gasteiger partial charge in [-0.15, -0.1) is 0 Å². The number of hydrogen-bond acceptors (Lipinski definition) is 3. The summed E-state index contributed by atoms with van der Waals surface area (Å²) >= 11 is 0. The molecule has 196 valence electrons. The van der Waals surface area contributed by atoms with E-state index in [0.717, 1.165) is 27.7 Å². The second-order valence-corrected chi connectivity index (χ2v) is 10.6. The third-order valence-corrected chi connectivity index (χ3v) is 6.56. The van der Waals surface area contributed by atoms with Gasteiger partial charge in [0.15, 0.2) is 0 Å². The van der Waals surface area contributed by atoms with Crippen LogP contribution in [-0.4, -0.2) is 21.7 Å². The molecule has 0 aliphatic carbocycles. The van der Waals surface area contributed by atoms with Crippen LogP contribution in [0.25, 0.3) is 16.6 Å². The third-order valence-electron chi connectivity index (χ3n) is 6.56. The Labute approximate surface area is 219 Å². The maximum atomic E-state index is 13.4. The van der Waals surface area contributed by atoms with Crippen molar-refractivity contribution in [1.82, 2.24) is 15.1 Å². The van der Waals surface area contributed by atoms with E-state index in [1.807, 2.05) is 45.9 Å². The predicted molar refractivity (Wildman–Crippen MR) is 149 cm³/mol. The Morgan fingerprint density at radius 1 is 0.973 bits per heavy atom. The van der Waals surface area contributed by atoms with Gasteiger partial charge in [0.05, 0.1) is 23.4 Å². The zero-order valence-electron chi connectivity index (χ0n) is 22.0. The normalized spacial score (nSPS) is 13.1. The smallest absolute Gasteiger partial charge is 0.225 e. The third kappa shape index (κ3) is 6.01. The molecule has 3 aromatic carbocycles. The Hall–Kier alpha value is -3.67. The van der Waals surface area contributed by atoms with E-state index < -0.39 is 5.41 Å². The maximum absolute atomic E-state index is 13.4. The second-order valence-electron chi connectivity index (χ2n) is 10.6. The van der Waals surface area contributed by atoms with Crippen LogP contribution in [0, 0.1) is 32.0 Å². The first kappa shape index (κ1) is 27.9. The molecular weight excluding hydrogens is 465 g/mol. The number of carbonyl (C=O) groups excluding carboxylic acids is 1. The molecule has 1 amide bonds. The van der Waals surface area contributed by atoms with Crippen molar-refractivity contribution in [3.8, 4) is 11.4 Å². The molecule has 6 heteroatoms. The fourth-order valence-electron chi connectivity index (χ4n) is 4.24. The van der Waals surface area contributed by atoms with Crippen LogP contribution in [0.2, 0.25) is 0 Å². The van der Waals surface area contributed by atoms with Gasteiger partial charge in [0.1, 0.15) is 17.7 Å². The summed E-state index contributed by atoms with van der Waals surface area (Å²) in [6.45, 7) is 13.9. The molecule has 4 aromatic rings. The summed E-state index contributed by atoms with van der Waals surface area (Å²) < 4.78 is 21.7. The van der Waals surface area contributed by atoms with Gasteiger partial charge in [-0.2, -0.15) is 5.10 Å². The largest absolute Gasteiger partial charge is 0.484 e. The van der Waals surface area contributed by atoms with E-state index in [2.05, 4.69) is 43.3 Å². The number of aromatic nitrogens is 2. The number of carbonyl (C=O) groups is 1. The molecule has 1 N–H and O–H groups in total. The number of aryl methyl sites for hydroxylation is 3. The number of hydrogen-bond donors (Lipinski definition) is 1. The fraction of sp³-hybridized carbons (Fsp3) is 0.355. The summed E-state index contributed by atoms with van der Waals surface area (Å²) in [5, 5.41) is 8.55. The van der Waals surface area contributed by atoms with Crippen molar-refractivity contribution in [3.05, 3.63) is 88.9 Å². The molecule has 0 aliphatic rings. The topological polar surface area (TPSA) is 56.1 Å². The van der Waals surface area contributed by atoms with Crippen molar-refractivity contribution in [2.45, 2.75) is 68.0 Å². The molecule has 5 nitrogen and oxygen atoms in total. The van der Waals surface area contributed by atoms with Crippen molar-refractivity contribution >= 4 is 16.8 Å². The van der Waals surface area contributed by atoms with Crippen LogP contribution in [0.1, 0.15) is 63.5 Å². The predicted octanol–water partition coefficient (Wildman–Crippen LogP) is 7.40. The summed E-state index contributed by atoms with van der Waals surface area (Å²) in [5.74, 6) is 0.369. The lowest BCUT2D eigenvalue weighted by molar-refractivity contribution is -0.129. The SMILES string of the molecule is C.Cc1cc(C)c([C@H](Oc2ccc3c(cnn3-c3ccc(F)cc3)c2)[C@@H](C)NC(=O)C(C)(C)C)cc1C. The molecule has 37 heavy (non-hydrogen) atoms. The lowest BCUT2D eigenvalue weighted by atomic mass is 9.92. The van der Waals surface area contributed by atoms with Gasteiger partial charge in [-0.1, -0.05) is 40.3 Å². The standard InChI is InChI=1S/C30H34FN3O2.CH4/c1-18-14-20(3)26(15-19(18)2)28(21(4)33-29(35)30(5,6)7)36-25-12-13-27-22(16-25)17-32-34(27)24-10-8-23(31)9-11-24;/h8-17,21,28H,1-7H3,(H,33,35);1H4/t21-,28-;/m1./s1. The first-order valence-corrected chi connectivity index (χ1v) is 12.2. The summed E-state index contributed by atoms with van der Waals surface area (Å²) in [6.07, 6.45) is 1.38. The minimum atomic E-state index is -0.509. The van der Waals surface area contributed by atoms with Crippen LogP contribution in [0.5, 0.6) is 5.75 Å². The highest BCUT2D eigenvalue weighted by Gasteiger charge is 2.29. The average Bonchev–Trinajstić information content (AvgIpc) is 3.23. The Morgan fingerprint density at radius 2 is 1.62 bits per heavy atom. The number of nitrogens with zero attached hydrogens (tertiary/aromatic N) is 2. The number of rotatable bonds is 6. The van der Waals surface area contributed by atoms with Crippen LogP contribution in [0.4, 0.5) is 4.39 Å². The van der Waals surface area contributed by atoms with E-state index in [0.29, 0.717) is 5.75 Å². The van der Waals surface area contributed by atoms with E-state index in [4.69, 9.17) is 4.74 Å². The van der Waals surface area contributed by atoms with Crippen molar-refractivity contribution in [3.63, 3.8) is 0 Å². The Kier molecular flexibility index (Phi) is 8.11. The highest BCUT2D eigenvalue weighted by molar-refractivity contribution is 5.82. The van der Waals surface area contributed by atoms with Crippen molar-refractivity contribution in [1.29, 1.82) is 0 Å². The van der Waals surface area contributed by atoms with Gasteiger partial charge < -0.3 is 10.1 Å². The number of ether oxygens (including phenoxy) is 1. The molecule has 0 spiro atoms. The number of benzene rings is 3. The van der Waals surface area contributed by atoms with Gasteiger partial charge in [0.2, 0.25) is 5.91 Å². The molecule has 1 heterocycles. The van der Waals surface area contributed by atoms with Gasteiger partial charge in [0, 0.05) is 10.8 Å². The molecule has 0 aliphatic heterocycles. The van der Waals surface area contributed by atoms with Crippen LogP contribution < -0.4 is 10.1 Å². The van der Waals surface area contributed by atoms with E-state index in [-0.39, 0.29) is 31.3 Å². The van der Waals surface area contributed by atoms with Crippen LogP contribution in [0.15, 0.2) is 60.8 Å². The average molecular weight is 504 g/mol. The zero-order chi connectivity index (χ0) is 26.2. The van der Waals surface area contributed by atoms with Gasteiger partial charge in [0.25, 0.3) is 0 Å². The summed E-state index contributed by atoms with van der Waals surface area (Å²) in [4.78, 5) is 12.8. The minimum Gasteiger partial charge on any atom is -0.484 e. The highest BCUT2D eigenvalue weighted by atomic mass is 19.1. The molecule has 1 aromatic heterocycles. The molecule has 0 bridgehead atoms. The number of nitrogens with one attached hydrogen (secondary N) is 1. The molecule has 0 radical (unpaired) electrons. The second kappa shape index (κ2) is 10.8. The van der Waals surface area contributed by atoms with Gasteiger partial charge in [-0.25, -0.2) is 9.07 Å². The minimum absolute atomic E-state index is 0. The summed E-state index contributed by atoms with van der Waals surface area (Å²) in [6, 6.07) is 16.1. The van der Waals surface area contributed by atoms with Crippen molar-refractivity contribution in [2.24, 2.45) is 5.41 Å². The van der Waals surface area contributed by atoms with Gasteiger partial charge in [-0.3, -0.25) is 4.79 Å². The first-order chi connectivity index (χ1) is 16.9. The number of halogens is 1. The van der Waals surface area contributed by atoms with E-state index >= 15 is 0 Å². The Morgan fingerprint density at radius 3 is 2.27 bits per heavy atom. The lowest BCUT2D eigenvalue weighted by Crippen LogP contribution is -2.44. The molecule has 0 unspecified atom stereocenters. The molecule has 4 rings (SSSR count). The van der Waals surface area contributed by atoms with E-state index in [9.17, 15) is 9.18 Å². The maximum Gasteiger partial charge on any atom is 0.225 e. The lowest BCUT2D eigenvalue weighted by Gasteiger charge is -2.30. The van der Waals surface area contributed by atoms with Crippen LogP contribution >= 0.6 is 0 Å². The van der Waals surface area contributed by atoms with Crippen molar-refractivity contribution < 1.29 is 13.9 Å². The zero-order valence-corrected chi connectivity index (χ0v) is 22.0. The van der Waals surface area contributed by atoms with Gasteiger partial charge in [-0.05, 0) is 92.4 Å². The van der Waals surface area contributed by atoms with E-state index in [1.54, 1.807) is 23.0 Å². The fourth-order valence-corrected chi connectivity index (χ4v) is 4.24. The molecule has 2 atom stereocenters. The Bertz CT molecular complexity index is 1400. The highest BCUT2D eigenvalue weighted by Crippen LogP contribution is 2.32. The molecule has 0 saturated carbocycles. The monoisotopic (exact) mass is 503 g/mol. The quantitative estimate of drug-likeness (QED) is 0.298. The number of fused-ring (bicyclic) bond motifs is 1. The Balaban J connectivity index is 0.00000380. The summed E-state index contributed by atoms with van der Waals surface area (Å²) in [7, 11) is 0. The van der Waals surface area contributed by atoms with Crippen LogP contribution in [-0.2, 0) is 4.79 Å². The van der Waals surface area contributed by atoms with Crippen molar-refractivity contribution in [2.75, 3.05) is 0 Å². The molecule has 0 saturated heterocycles. The summed E-state index contributed by atoms with van der Waals surface area (Å²) in [5.41, 5.74) is 5.71. The molecule has 0 fully saturated rings. The number of amides is 1. The van der Waals surface area contributed by atoms with Gasteiger partial charge >= 0.3 is 0 Å².